The molecule has 11 heteroatoms. The van der Waals surface area contributed by atoms with Gasteiger partial charge in [-0.05, 0) is 42.7 Å². The Kier molecular flexibility index (Phi) is 10.3. The summed E-state index contributed by atoms with van der Waals surface area (Å²) in [5.74, 6) is -1.38. The Bertz CT molecular complexity index is 1110. The Balaban J connectivity index is 1.70. The number of aryl methyl sites for hydroxylation is 1. The molecule has 4 amide bonds. The van der Waals surface area contributed by atoms with Gasteiger partial charge in [0.15, 0.2) is 0 Å². The van der Waals surface area contributed by atoms with Crippen LogP contribution >= 0.6 is 0 Å². The van der Waals surface area contributed by atoms with Gasteiger partial charge in [-0.25, -0.2) is 0 Å². The number of aliphatic hydroxyl groups excluding tert-OH is 1. The molecule has 0 unspecified atom stereocenters. The number of hydrogen-bond acceptors (Lipinski definition) is 7. The van der Waals surface area contributed by atoms with Crippen molar-refractivity contribution in [1.82, 2.24) is 21.3 Å². The fraction of sp³-hybridized carbons (Fsp3) is 0.385. The third-order valence-electron chi connectivity index (χ3n) is 5.71. The molecule has 0 fully saturated rings. The molecule has 2 aromatic rings. The minimum Gasteiger partial charge on any atom is -0.497 e. The van der Waals surface area contributed by atoms with Crippen LogP contribution in [0.2, 0.25) is 0 Å². The van der Waals surface area contributed by atoms with Crippen LogP contribution < -0.4 is 30.7 Å². The van der Waals surface area contributed by atoms with Crippen LogP contribution in [-0.2, 0) is 20.8 Å². The van der Waals surface area contributed by atoms with E-state index in [1.807, 2.05) is 24.3 Å². The maximum absolute atomic E-state index is 13.0. The molecule has 2 atom stereocenters. The molecule has 0 saturated carbocycles. The zero-order valence-corrected chi connectivity index (χ0v) is 20.6. The minimum atomic E-state index is -1.22. The van der Waals surface area contributed by atoms with Crippen LogP contribution in [0.1, 0.15) is 28.8 Å². The van der Waals surface area contributed by atoms with Crippen LogP contribution in [0.3, 0.4) is 0 Å². The summed E-state index contributed by atoms with van der Waals surface area (Å²) in [7, 11) is 1.59. The van der Waals surface area contributed by atoms with E-state index < -0.39 is 48.7 Å². The number of fused-ring (bicyclic) bond motifs is 1. The normalized spacial score (nSPS) is 18.7. The Morgan fingerprint density at radius 3 is 2.73 bits per heavy atom. The van der Waals surface area contributed by atoms with E-state index in [2.05, 4.69) is 21.3 Å². The van der Waals surface area contributed by atoms with E-state index in [4.69, 9.17) is 9.47 Å². The van der Waals surface area contributed by atoms with Crippen molar-refractivity contribution in [3.63, 3.8) is 0 Å². The van der Waals surface area contributed by atoms with Crippen LogP contribution in [0.15, 0.2) is 48.5 Å². The first-order valence-electron chi connectivity index (χ1n) is 12.0. The summed E-state index contributed by atoms with van der Waals surface area (Å²) < 4.78 is 10.9. The first-order valence-corrected chi connectivity index (χ1v) is 12.0. The maximum atomic E-state index is 13.0. The summed E-state index contributed by atoms with van der Waals surface area (Å²) in [5, 5.41) is 19.9. The van der Waals surface area contributed by atoms with E-state index in [9.17, 15) is 24.3 Å². The van der Waals surface area contributed by atoms with Gasteiger partial charge >= 0.3 is 0 Å². The molecule has 1 aliphatic rings. The number of hydrogen-bond donors (Lipinski definition) is 5. The van der Waals surface area contributed by atoms with Gasteiger partial charge in [-0.2, -0.15) is 0 Å². The molecule has 0 bridgehead atoms. The zero-order chi connectivity index (χ0) is 26.6. The Morgan fingerprint density at radius 1 is 1.14 bits per heavy atom. The van der Waals surface area contributed by atoms with Crippen LogP contribution in [0.4, 0.5) is 0 Å². The van der Waals surface area contributed by atoms with Crippen LogP contribution in [0.25, 0.3) is 0 Å². The number of carbonyl (C=O) groups is 4. The minimum absolute atomic E-state index is 0.0549. The fourth-order valence-electron chi connectivity index (χ4n) is 3.77. The zero-order valence-electron chi connectivity index (χ0n) is 20.6. The topological polar surface area (TPSA) is 155 Å². The number of carbonyl (C=O) groups excluding carboxylic acids is 4. The second kappa shape index (κ2) is 13.8. The summed E-state index contributed by atoms with van der Waals surface area (Å²) in [6.07, 6.45) is 0.877. The number of aliphatic hydroxyl groups is 1. The molecular weight excluding hydrogens is 480 g/mol. The lowest BCUT2D eigenvalue weighted by Gasteiger charge is -2.22. The molecule has 37 heavy (non-hydrogen) atoms. The van der Waals surface area contributed by atoms with Gasteiger partial charge in [0.25, 0.3) is 5.91 Å². The second-order valence-corrected chi connectivity index (χ2v) is 8.41. The average Bonchev–Trinajstić information content (AvgIpc) is 2.91. The highest BCUT2D eigenvalue weighted by molar-refractivity contribution is 6.01. The van der Waals surface area contributed by atoms with Gasteiger partial charge in [-0.15, -0.1) is 0 Å². The fourth-order valence-corrected chi connectivity index (χ4v) is 3.77. The molecule has 1 aliphatic heterocycles. The summed E-state index contributed by atoms with van der Waals surface area (Å²) in [6, 6.07) is 11.7. The SMILES string of the molecule is COc1cccc(CCCNC(=O)[C@@H]2CC(=O)N[C@@H](CO)C(=O)NCCOc3ccccc3C(=O)N2)c1. The number of ether oxygens (including phenoxy) is 2. The predicted octanol–water partition coefficient (Wildman–Crippen LogP) is -0.0816. The molecule has 0 aliphatic carbocycles. The van der Waals surface area contributed by atoms with E-state index in [0.29, 0.717) is 19.4 Å². The van der Waals surface area contributed by atoms with Crippen molar-refractivity contribution >= 4 is 23.6 Å². The number of benzene rings is 2. The molecule has 0 spiro atoms. The van der Waals surface area contributed by atoms with Gasteiger partial charge in [0, 0.05) is 6.54 Å². The standard InChI is InChI=1S/C26H32N4O7/c1-36-18-8-4-6-17(14-18)7-5-11-27-25(34)20-15-23(32)29-21(16-31)26(35)28-12-13-37-22-10-3-2-9-19(22)24(33)30-20/h2-4,6,8-10,14,20-21,31H,5,7,11-13,15-16H2,1H3,(H,27,34)(H,28,35)(H,29,32)(H,30,33)/t20-,21-/m0/s1. The van der Waals surface area contributed by atoms with Gasteiger partial charge in [0.2, 0.25) is 17.7 Å². The van der Waals surface area contributed by atoms with Gasteiger partial charge in [0.05, 0.1) is 32.2 Å². The predicted molar refractivity (Wildman–Crippen MR) is 134 cm³/mol. The lowest BCUT2D eigenvalue weighted by molar-refractivity contribution is -0.131. The highest BCUT2D eigenvalue weighted by Crippen LogP contribution is 2.18. The molecule has 11 nitrogen and oxygen atoms in total. The molecule has 5 N–H and O–H groups in total. The molecular formula is C26H32N4O7. The Morgan fingerprint density at radius 2 is 1.95 bits per heavy atom. The van der Waals surface area contributed by atoms with Crippen LogP contribution in [-0.4, -0.2) is 74.2 Å². The van der Waals surface area contributed by atoms with Crippen LogP contribution in [0.5, 0.6) is 11.5 Å². The molecule has 3 rings (SSSR count). The smallest absolute Gasteiger partial charge is 0.255 e. The van der Waals surface area contributed by atoms with Crippen molar-refractivity contribution in [3.8, 4) is 11.5 Å². The molecule has 1 heterocycles. The van der Waals surface area contributed by atoms with Gasteiger partial charge in [-0.3, -0.25) is 19.2 Å². The van der Waals surface area contributed by atoms with Crippen LogP contribution in [0, 0.1) is 0 Å². The summed E-state index contributed by atoms with van der Waals surface area (Å²) in [5.41, 5.74) is 1.24. The van der Waals surface area contributed by atoms with Crippen molar-refractivity contribution in [2.75, 3.05) is 33.4 Å². The largest absolute Gasteiger partial charge is 0.497 e. The van der Waals surface area contributed by atoms with Crippen molar-refractivity contribution < 1.29 is 33.8 Å². The van der Waals surface area contributed by atoms with E-state index >= 15 is 0 Å². The average molecular weight is 513 g/mol. The van der Waals surface area contributed by atoms with E-state index in [0.717, 1.165) is 11.3 Å². The summed E-state index contributed by atoms with van der Waals surface area (Å²) in [4.78, 5) is 51.0. The van der Waals surface area contributed by atoms with Gasteiger partial charge < -0.3 is 35.8 Å². The monoisotopic (exact) mass is 512 g/mol. The van der Waals surface area contributed by atoms with E-state index in [-0.39, 0.29) is 24.5 Å². The summed E-state index contributed by atoms with van der Waals surface area (Å²) >= 11 is 0. The van der Waals surface area contributed by atoms with Crippen molar-refractivity contribution in [3.05, 3.63) is 59.7 Å². The third kappa shape index (κ3) is 8.21. The van der Waals surface area contributed by atoms with E-state index in [1.54, 1.807) is 31.4 Å². The molecule has 198 valence electrons. The number of nitrogens with one attached hydrogen (secondary N) is 4. The number of rotatable bonds is 7. The lowest BCUT2D eigenvalue weighted by atomic mass is 10.1. The third-order valence-corrected chi connectivity index (χ3v) is 5.71. The Labute approximate surface area is 214 Å². The lowest BCUT2D eigenvalue weighted by Crippen LogP contribution is -2.53. The molecule has 0 radical (unpaired) electrons. The second-order valence-electron chi connectivity index (χ2n) is 8.41. The molecule has 0 saturated heterocycles. The number of amides is 4. The summed E-state index contributed by atoms with van der Waals surface area (Å²) in [6.45, 7) is -0.165. The first kappa shape index (κ1) is 27.5. The van der Waals surface area contributed by atoms with Crippen molar-refractivity contribution in [1.29, 1.82) is 0 Å². The molecule has 0 aromatic heterocycles. The van der Waals surface area contributed by atoms with E-state index in [1.165, 1.54) is 0 Å². The quantitative estimate of drug-likeness (QED) is 0.325. The number of para-hydroxylation sites is 1. The molecule has 2 aromatic carbocycles. The van der Waals surface area contributed by atoms with Gasteiger partial charge in [0.1, 0.15) is 30.2 Å². The van der Waals surface area contributed by atoms with Gasteiger partial charge in [-0.1, -0.05) is 24.3 Å². The highest BCUT2D eigenvalue weighted by atomic mass is 16.5. The number of methoxy groups -OCH3 is 1. The Hall–Kier alpha value is -4.12. The maximum Gasteiger partial charge on any atom is 0.255 e. The highest BCUT2D eigenvalue weighted by Gasteiger charge is 2.28. The van der Waals surface area contributed by atoms with Crippen molar-refractivity contribution in [2.45, 2.75) is 31.3 Å². The van der Waals surface area contributed by atoms with Crippen molar-refractivity contribution in [2.24, 2.45) is 0 Å². The first-order chi connectivity index (χ1) is 17.9.